The molecule has 1 aliphatic heterocycles. The molecule has 2 aromatic rings. The van der Waals surface area contributed by atoms with Crippen molar-refractivity contribution in [1.82, 2.24) is 5.32 Å². The van der Waals surface area contributed by atoms with Crippen molar-refractivity contribution in [3.63, 3.8) is 0 Å². The van der Waals surface area contributed by atoms with Gasteiger partial charge in [0.25, 0.3) is 0 Å². The van der Waals surface area contributed by atoms with Crippen molar-refractivity contribution in [2.45, 2.75) is 13.0 Å². The molecule has 2 aromatic carbocycles. The summed E-state index contributed by atoms with van der Waals surface area (Å²) in [5.74, 6) is -1.01. The predicted octanol–water partition coefficient (Wildman–Crippen LogP) is 2.91. The third-order valence-corrected chi connectivity index (χ3v) is 5.15. The fourth-order valence-corrected chi connectivity index (χ4v) is 3.50. The van der Waals surface area contributed by atoms with Gasteiger partial charge in [-0.05, 0) is 45.8 Å². The van der Waals surface area contributed by atoms with Gasteiger partial charge in [-0.25, -0.2) is 4.79 Å². The summed E-state index contributed by atoms with van der Waals surface area (Å²) >= 11 is 3.45. The fourth-order valence-electron chi connectivity index (χ4n) is 3.00. The Labute approximate surface area is 165 Å². The van der Waals surface area contributed by atoms with Gasteiger partial charge in [-0.2, -0.15) is 0 Å². The molecule has 1 N–H and O–H groups in total. The first-order valence-corrected chi connectivity index (χ1v) is 9.28. The van der Waals surface area contributed by atoms with Crippen LogP contribution in [-0.2, 0) is 20.9 Å². The Balaban J connectivity index is 1.58. The molecule has 1 fully saturated rings. The molecule has 0 aromatic heterocycles. The number of amides is 2. The van der Waals surface area contributed by atoms with Crippen LogP contribution in [0.2, 0.25) is 0 Å². The van der Waals surface area contributed by atoms with Crippen LogP contribution < -0.4 is 10.2 Å². The van der Waals surface area contributed by atoms with Gasteiger partial charge >= 0.3 is 5.97 Å². The number of benzene rings is 2. The van der Waals surface area contributed by atoms with Crippen molar-refractivity contribution in [2.75, 3.05) is 18.6 Å². The molecule has 6 nitrogen and oxygen atoms in total. The van der Waals surface area contributed by atoms with E-state index in [0.29, 0.717) is 18.7 Å². The first-order valence-electron chi connectivity index (χ1n) is 8.49. The van der Waals surface area contributed by atoms with Crippen LogP contribution in [0.15, 0.2) is 53.0 Å². The quantitative estimate of drug-likeness (QED) is 0.739. The zero-order valence-corrected chi connectivity index (χ0v) is 16.4. The summed E-state index contributed by atoms with van der Waals surface area (Å²) in [6, 6.07) is 14.3. The molecule has 1 unspecified atom stereocenters. The Morgan fingerprint density at radius 2 is 1.89 bits per heavy atom. The molecular formula is C20H19BrN2O4. The van der Waals surface area contributed by atoms with Crippen LogP contribution in [-0.4, -0.2) is 31.4 Å². The molecule has 27 heavy (non-hydrogen) atoms. The number of nitrogens with zero attached hydrogens (tertiary/aromatic N) is 1. The van der Waals surface area contributed by atoms with E-state index in [0.717, 1.165) is 15.7 Å². The fraction of sp³-hybridized carbons (Fsp3) is 0.250. The minimum Gasteiger partial charge on any atom is -0.465 e. The van der Waals surface area contributed by atoms with Crippen molar-refractivity contribution in [2.24, 2.45) is 5.92 Å². The molecule has 0 saturated carbocycles. The highest BCUT2D eigenvalue weighted by molar-refractivity contribution is 9.10. The number of ether oxygens (including phenoxy) is 1. The molecule has 0 radical (unpaired) electrons. The number of hydrogen-bond donors (Lipinski definition) is 1. The third-order valence-electron chi connectivity index (χ3n) is 4.48. The van der Waals surface area contributed by atoms with E-state index in [4.69, 9.17) is 0 Å². The van der Waals surface area contributed by atoms with Gasteiger partial charge in [-0.3, -0.25) is 9.59 Å². The monoisotopic (exact) mass is 430 g/mol. The number of esters is 1. The number of carbonyl (C=O) groups is 3. The number of anilines is 1. The molecule has 7 heteroatoms. The van der Waals surface area contributed by atoms with E-state index in [1.807, 2.05) is 24.3 Å². The van der Waals surface area contributed by atoms with Crippen LogP contribution in [0.1, 0.15) is 22.3 Å². The zero-order valence-electron chi connectivity index (χ0n) is 14.8. The SMILES string of the molecule is COC(=O)c1ccc(CNC(=O)C2CC(=O)N(c3ccccc3Br)C2)cc1. The van der Waals surface area contributed by atoms with Gasteiger partial charge in [0.2, 0.25) is 11.8 Å². The number of carbonyl (C=O) groups excluding carboxylic acids is 3. The molecule has 1 aliphatic rings. The van der Waals surface area contributed by atoms with E-state index in [2.05, 4.69) is 26.0 Å². The van der Waals surface area contributed by atoms with E-state index in [-0.39, 0.29) is 24.2 Å². The van der Waals surface area contributed by atoms with Gasteiger partial charge in [0.05, 0.1) is 24.3 Å². The highest BCUT2D eigenvalue weighted by Crippen LogP contribution is 2.31. The van der Waals surface area contributed by atoms with E-state index in [1.165, 1.54) is 7.11 Å². The van der Waals surface area contributed by atoms with Crippen molar-refractivity contribution >= 4 is 39.4 Å². The molecule has 1 heterocycles. The van der Waals surface area contributed by atoms with Gasteiger partial charge in [0.15, 0.2) is 0 Å². The highest BCUT2D eigenvalue weighted by atomic mass is 79.9. The summed E-state index contributed by atoms with van der Waals surface area (Å²) in [6.07, 6.45) is 0.189. The largest absolute Gasteiger partial charge is 0.465 e. The second-order valence-corrected chi connectivity index (χ2v) is 7.12. The Bertz CT molecular complexity index is 867. The third kappa shape index (κ3) is 4.36. The second-order valence-electron chi connectivity index (χ2n) is 6.26. The summed E-state index contributed by atoms with van der Waals surface area (Å²) < 4.78 is 5.48. The Kier molecular flexibility index (Phi) is 5.91. The minimum absolute atomic E-state index is 0.0653. The maximum atomic E-state index is 12.5. The van der Waals surface area contributed by atoms with Crippen LogP contribution in [0.5, 0.6) is 0 Å². The molecule has 0 aliphatic carbocycles. The number of halogens is 1. The van der Waals surface area contributed by atoms with E-state index in [1.54, 1.807) is 29.2 Å². The lowest BCUT2D eigenvalue weighted by molar-refractivity contribution is -0.126. The average molecular weight is 431 g/mol. The molecule has 0 bridgehead atoms. The zero-order chi connectivity index (χ0) is 19.4. The van der Waals surface area contributed by atoms with Crippen molar-refractivity contribution < 1.29 is 19.1 Å². The van der Waals surface area contributed by atoms with E-state index >= 15 is 0 Å². The predicted molar refractivity (Wildman–Crippen MR) is 104 cm³/mol. The van der Waals surface area contributed by atoms with E-state index in [9.17, 15) is 14.4 Å². The van der Waals surface area contributed by atoms with Gasteiger partial charge in [-0.1, -0.05) is 24.3 Å². The minimum atomic E-state index is -0.401. The Morgan fingerprint density at radius 1 is 1.19 bits per heavy atom. The number of methoxy groups -OCH3 is 1. The number of para-hydroxylation sites is 1. The maximum absolute atomic E-state index is 12.5. The number of hydrogen-bond acceptors (Lipinski definition) is 4. The van der Waals surface area contributed by atoms with Gasteiger partial charge in [-0.15, -0.1) is 0 Å². The molecule has 0 spiro atoms. The standard InChI is InChI=1S/C20H19BrN2O4/c1-27-20(26)14-8-6-13(7-9-14)11-22-19(25)15-10-18(24)23(12-15)17-5-3-2-4-16(17)21/h2-9,15H,10-12H2,1H3,(H,22,25). The highest BCUT2D eigenvalue weighted by Gasteiger charge is 2.35. The van der Waals surface area contributed by atoms with Crippen molar-refractivity contribution in [1.29, 1.82) is 0 Å². The maximum Gasteiger partial charge on any atom is 0.337 e. The summed E-state index contributed by atoms with van der Waals surface area (Å²) in [5, 5.41) is 2.87. The molecule has 2 amide bonds. The van der Waals surface area contributed by atoms with Crippen LogP contribution in [0.4, 0.5) is 5.69 Å². The van der Waals surface area contributed by atoms with Gasteiger partial charge < -0.3 is 15.0 Å². The average Bonchev–Trinajstić information content (AvgIpc) is 3.08. The van der Waals surface area contributed by atoms with Gasteiger partial charge in [0, 0.05) is 24.0 Å². The first kappa shape index (κ1) is 19.1. The summed E-state index contributed by atoms with van der Waals surface area (Å²) in [4.78, 5) is 37.9. The lowest BCUT2D eigenvalue weighted by atomic mass is 10.1. The molecule has 3 rings (SSSR count). The summed E-state index contributed by atoms with van der Waals surface area (Å²) in [5.41, 5.74) is 2.09. The normalized spacial score (nSPS) is 16.3. The number of nitrogens with one attached hydrogen (secondary N) is 1. The Morgan fingerprint density at radius 3 is 2.56 bits per heavy atom. The summed E-state index contributed by atoms with van der Waals surface area (Å²) in [6.45, 7) is 0.689. The van der Waals surface area contributed by atoms with Crippen LogP contribution in [0, 0.1) is 5.92 Å². The van der Waals surface area contributed by atoms with Crippen LogP contribution >= 0.6 is 15.9 Å². The van der Waals surface area contributed by atoms with Crippen molar-refractivity contribution in [3.8, 4) is 0 Å². The molecule has 1 atom stereocenters. The lowest BCUT2D eigenvalue weighted by Crippen LogP contribution is -2.32. The van der Waals surface area contributed by atoms with Crippen molar-refractivity contribution in [3.05, 3.63) is 64.1 Å². The van der Waals surface area contributed by atoms with E-state index < -0.39 is 5.97 Å². The van der Waals surface area contributed by atoms with Crippen LogP contribution in [0.3, 0.4) is 0 Å². The number of rotatable bonds is 5. The summed E-state index contributed by atoms with van der Waals surface area (Å²) in [7, 11) is 1.33. The van der Waals surface area contributed by atoms with Crippen LogP contribution in [0.25, 0.3) is 0 Å². The lowest BCUT2D eigenvalue weighted by Gasteiger charge is -2.18. The smallest absolute Gasteiger partial charge is 0.337 e. The first-order chi connectivity index (χ1) is 13.0. The van der Waals surface area contributed by atoms with Gasteiger partial charge in [0.1, 0.15) is 0 Å². The second kappa shape index (κ2) is 8.35. The Hall–Kier alpha value is -2.67. The molecule has 140 valence electrons. The topological polar surface area (TPSA) is 75.7 Å². The molecule has 1 saturated heterocycles. The molecular weight excluding hydrogens is 412 g/mol.